The summed E-state index contributed by atoms with van der Waals surface area (Å²) in [6.45, 7) is 4.99. The highest BCUT2D eigenvalue weighted by molar-refractivity contribution is 6.00. The van der Waals surface area contributed by atoms with Crippen LogP contribution in [0.2, 0.25) is 0 Å². The fourth-order valence-corrected chi connectivity index (χ4v) is 2.46. The van der Waals surface area contributed by atoms with Crippen LogP contribution >= 0.6 is 0 Å². The van der Waals surface area contributed by atoms with Gasteiger partial charge in [-0.15, -0.1) is 5.10 Å². The lowest BCUT2D eigenvalue weighted by atomic mass is 10.1. The Bertz CT molecular complexity index is 717. The molecule has 6 heteroatoms. The van der Waals surface area contributed by atoms with Gasteiger partial charge < -0.3 is 20.7 Å². The maximum atomic E-state index is 9.73. The first kappa shape index (κ1) is 16.9. The predicted octanol–water partition coefficient (Wildman–Crippen LogP) is 2.95. The molecule has 23 heavy (non-hydrogen) atoms. The minimum Gasteiger partial charge on any atom is -0.508 e. The number of rotatable bonds is 6. The first-order valence-electron chi connectivity index (χ1n) is 7.91. The maximum Gasteiger partial charge on any atom is 0.216 e. The zero-order chi connectivity index (χ0) is 16.8. The SMILES string of the molecule is CCCCCN(C)/C(N)=N\N=C\c1c[nH]c2c(C)cc(O)cc12. The zero-order valence-corrected chi connectivity index (χ0v) is 14.0. The van der Waals surface area contributed by atoms with E-state index in [-0.39, 0.29) is 5.75 Å². The third-order valence-corrected chi connectivity index (χ3v) is 3.85. The Morgan fingerprint density at radius 2 is 2.17 bits per heavy atom. The Morgan fingerprint density at radius 1 is 1.39 bits per heavy atom. The Kier molecular flexibility index (Phi) is 5.62. The van der Waals surface area contributed by atoms with Crippen LogP contribution < -0.4 is 5.73 Å². The molecule has 0 saturated carbocycles. The fraction of sp³-hybridized carbons (Fsp3) is 0.412. The van der Waals surface area contributed by atoms with E-state index in [0.29, 0.717) is 5.96 Å². The number of fused-ring (bicyclic) bond motifs is 1. The van der Waals surface area contributed by atoms with Gasteiger partial charge in [-0.1, -0.05) is 19.8 Å². The molecule has 0 radical (unpaired) electrons. The normalized spacial score (nSPS) is 12.4. The third-order valence-electron chi connectivity index (χ3n) is 3.85. The largest absolute Gasteiger partial charge is 0.508 e. The van der Waals surface area contributed by atoms with E-state index in [4.69, 9.17) is 5.73 Å². The summed E-state index contributed by atoms with van der Waals surface area (Å²) >= 11 is 0. The number of hydrogen-bond acceptors (Lipinski definition) is 3. The molecule has 0 amide bonds. The lowest BCUT2D eigenvalue weighted by Gasteiger charge is -2.16. The third kappa shape index (κ3) is 4.25. The van der Waals surface area contributed by atoms with Crippen molar-refractivity contribution in [2.24, 2.45) is 15.9 Å². The van der Waals surface area contributed by atoms with Crippen LogP contribution in [0.25, 0.3) is 10.9 Å². The van der Waals surface area contributed by atoms with Crippen LogP contribution in [0.1, 0.15) is 37.3 Å². The van der Waals surface area contributed by atoms with Crippen molar-refractivity contribution < 1.29 is 5.11 Å². The number of unbranched alkanes of at least 4 members (excludes halogenated alkanes) is 2. The van der Waals surface area contributed by atoms with Crippen molar-refractivity contribution in [2.45, 2.75) is 33.1 Å². The summed E-state index contributed by atoms with van der Waals surface area (Å²) in [6.07, 6.45) is 6.94. The number of aromatic nitrogens is 1. The molecule has 6 nitrogen and oxygen atoms in total. The lowest BCUT2D eigenvalue weighted by molar-refractivity contribution is 0.470. The molecule has 0 aliphatic rings. The molecule has 0 aliphatic heterocycles. The number of nitrogens with zero attached hydrogens (tertiary/aromatic N) is 3. The number of nitrogens with one attached hydrogen (secondary N) is 1. The van der Waals surface area contributed by atoms with E-state index in [1.165, 1.54) is 12.8 Å². The molecule has 2 aromatic rings. The number of aromatic amines is 1. The monoisotopic (exact) mass is 315 g/mol. The second-order valence-electron chi connectivity index (χ2n) is 5.76. The highest BCUT2D eigenvalue weighted by Gasteiger charge is 2.06. The van der Waals surface area contributed by atoms with Gasteiger partial charge in [0.2, 0.25) is 5.96 Å². The number of nitrogens with two attached hydrogens (primary N) is 1. The highest BCUT2D eigenvalue weighted by atomic mass is 16.3. The number of hydrogen-bond donors (Lipinski definition) is 3. The Balaban J connectivity index is 2.09. The second kappa shape index (κ2) is 7.67. The summed E-state index contributed by atoms with van der Waals surface area (Å²) in [6, 6.07) is 3.44. The van der Waals surface area contributed by atoms with Crippen LogP contribution in [0, 0.1) is 6.92 Å². The summed E-state index contributed by atoms with van der Waals surface area (Å²) in [4.78, 5) is 5.09. The number of phenols is 1. The van der Waals surface area contributed by atoms with Crippen molar-refractivity contribution in [2.75, 3.05) is 13.6 Å². The predicted molar refractivity (Wildman–Crippen MR) is 96.1 cm³/mol. The lowest BCUT2D eigenvalue weighted by Crippen LogP contribution is -2.34. The van der Waals surface area contributed by atoms with Crippen molar-refractivity contribution in [3.05, 3.63) is 29.5 Å². The van der Waals surface area contributed by atoms with Gasteiger partial charge >= 0.3 is 0 Å². The summed E-state index contributed by atoms with van der Waals surface area (Å²) in [5.41, 5.74) is 8.75. The van der Waals surface area contributed by atoms with Crippen molar-refractivity contribution in [3.63, 3.8) is 0 Å². The minimum atomic E-state index is 0.239. The number of benzene rings is 1. The molecule has 1 heterocycles. The molecule has 0 saturated heterocycles. The molecule has 2 rings (SSSR count). The van der Waals surface area contributed by atoms with Gasteiger partial charge in [0, 0.05) is 36.3 Å². The van der Waals surface area contributed by atoms with Crippen molar-refractivity contribution in [3.8, 4) is 5.75 Å². The first-order valence-corrected chi connectivity index (χ1v) is 7.91. The topological polar surface area (TPSA) is 90.0 Å². The van der Waals surface area contributed by atoms with Gasteiger partial charge in [0.1, 0.15) is 5.75 Å². The molecule has 0 unspecified atom stereocenters. The number of guanidine groups is 1. The van der Waals surface area contributed by atoms with E-state index >= 15 is 0 Å². The molecule has 0 spiro atoms. The first-order chi connectivity index (χ1) is 11.0. The van der Waals surface area contributed by atoms with Gasteiger partial charge in [-0.2, -0.15) is 5.10 Å². The maximum absolute atomic E-state index is 9.73. The Morgan fingerprint density at radius 3 is 2.91 bits per heavy atom. The molecule has 0 atom stereocenters. The Labute approximate surface area is 136 Å². The van der Waals surface area contributed by atoms with Gasteiger partial charge in [-0.25, -0.2) is 0 Å². The summed E-state index contributed by atoms with van der Waals surface area (Å²) in [7, 11) is 1.91. The smallest absolute Gasteiger partial charge is 0.216 e. The molecule has 0 bridgehead atoms. The number of phenolic OH excluding ortho intramolecular Hbond substituents is 1. The average Bonchev–Trinajstić information content (AvgIpc) is 2.90. The minimum absolute atomic E-state index is 0.239. The van der Waals surface area contributed by atoms with Crippen LogP contribution in [0.3, 0.4) is 0 Å². The summed E-state index contributed by atoms with van der Waals surface area (Å²) in [5, 5.41) is 18.8. The van der Waals surface area contributed by atoms with Crippen LogP contribution in [0.4, 0.5) is 0 Å². The van der Waals surface area contributed by atoms with E-state index in [0.717, 1.165) is 35.0 Å². The van der Waals surface area contributed by atoms with Gasteiger partial charge in [-0.3, -0.25) is 0 Å². The quantitative estimate of drug-likeness (QED) is 0.331. The van der Waals surface area contributed by atoms with E-state index in [1.807, 2.05) is 25.1 Å². The van der Waals surface area contributed by atoms with Crippen LogP contribution in [0.15, 0.2) is 28.5 Å². The van der Waals surface area contributed by atoms with E-state index in [9.17, 15) is 5.11 Å². The van der Waals surface area contributed by atoms with Gasteiger partial charge in [0.25, 0.3) is 0 Å². The number of aromatic hydroxyl groups is 1. The van der Waals surface area contributed by atoms with Crippen molar-refractivity contribution in [1.29, 1.82) is 0 Å². The molecule has 4 N–H and O–H groups in total. The molecular formula is C17H25N5O. The number of aryl methyl sites for hydroxylation is 1. The second-order valence-corrected chi connectivity index (χ2v) is 5.76. The van der Waals surface area contributed by atoms with E-state index in [2.05, 4.69) is 22.1 Å². The molecule has 1 aromatic heterocycles. The Hall–Kier alpha value is -2.50. The van der Waals surface area contributed by atoms with Crippen LogP contribution in [0.5, 0.6) is 5.75 Å². The van der Waals surface area contributed by atoms with Crippen molar-refractivity contribution >= 4 is 23.1 Å². The molecule has 0 fully saturated rings. The van der Waals surface area contributed by atoms with Gasteiger partial charge in [0.15, 0.2) is 0 Å². The van der Waals surface area contributed by atoms with E-state index < -0.39 is 0 Å². The molecule has 1 aromatic carbocycles. The highest BCUT2D eigenvalue weighted by Crippen LogP contribution is 2.25. The average molecular weight is 315 g/mol. The van der Waals surface area contributed by atoms with Gasteiger partial charge in [0.05, 0.1) is 6.21 Å². The summed E-state index contributed by atoms with van der Waals surface area (Å²) < 4.78 is 0. The van der Waals surface area contributed by atoms with Gasteiger partial charge in [-0.05, 0) is 31.0 Å². The fourth-order valence-electron chi connectivity index (χ4n) is 2.46. The van der Waals surface area contributed by atoms with Crippen molar-refractivity contribution in [1.82, 2.24) is 9.88 Å². The summed E-state index contributed by atoms with van der Waals surface area (Å²) in [5.74, 6) is 0.638. The van der Waals surface area contributed by atoms with Crippen LogP contribution in [-0.2, 0) is 0 Å². The molecule has 0 aliphatic carbocycles. The van der Waals surface area contributed by atoms with Crippen LogP contribution in [-0.4, -0.2) is 40.8 Å². The molecule has 124 valence electrons. The van der Waals surface area contributed by atoms with E-state index in [1.54, 1.807) is 18.3 Å². The standard InChI is InChI=1S/C17H25N5O/c1-4-5-6-7-22(3)17(18)21-20-11-13-10-19-16-12(2)8-14(23)9-15(13)16/h8-11,19,23H,4-7H2,1-3H3,(H2,18,21)/b20-11+. The number of H-pyrrole nitrogens is 1. The zero-order valence-electron chi connectivity index (χ0n) is 14.0. The molecular weight excluding hydrogens is 290 g/mol.